The van der Waals surface area contributed by atoms with E-state index < -0.39 is 0 Å². The van der Waals surface area contributed by atoms with Crippen molar-refractivity contribution in [3.05, 3.63) is 193 Å². The zero-order chi connectivity index (χ0) is 43.0. The van der Waals surface area contributed by atoms with E-state index in [0.717, 1.165) is 72.8 Å². The van der Waals surface area contributed by atoms with Crippen LogP contribution in [0.5, 0.6) is 0 Å². The first-order valence-corrected chi connectivity index (χ1v) is 22.0. The molecule has 0 saturated heterocycles. The van der Waals surface area contributed by atoms with Crippen LogP contribution in [0.2, 0.25) is 0 Å². The number of aromatic nitrogens is 3. The number of nitrogens with zero attached hydrogens (tertiary/aromatic N) is 2. The zero-order valence-corrected chi connectivity index (χ0v) is 36.7. The number of pyridine rings is 2. The molecule has 1 aliphatic heterocycles. The molecule has 7 aromatic carbocycles. The molecule has 0 fully saturated rings. The first-order chi connectivity index (χ1) is 30.4. The van der Waals surface area contributed by atoms with Crippen molar-refractivity contribution < 1.29 is 0 Å². The van der Waals surface area contributed by atoms with Crippen LogP contribution in [0.3, 0.4) is 0 Å². The van der Waals surface area contributed by atoms with E-state index in [1.54, 1.807) is 0 Å². The molecule has 3 nitrogen and oxygen atoms in total. The predicted octanol–water partition coefficient (Wildman–Crippen LogP) is 16.4. The highest BCUT2D eigenvalue weighted by Gasteiger charge is 2.25. The number of fused-ring (bicyclic) bond motifs is 11. The average molecular weight is 812 g/mol. The van der Waals surface area contributed by atoms with E-state index >= 15 is 0 Å². The van der Waals surface area contributed by atoms with Crippen LogP contribution in [-0.4, -0.2) is 15.0 Å². The molecule has 10 aromatic rings. The summed E-state index contributed by atoms with van der Waals surface area (Å²) in [7, 11) is 0. The largest absolute Gasteiger partial charge is 0.353 e. The Hall–Kier alpha value is -7.36. The summed E-state index contributed by atoms with van der Waals surface area (Å²) in [5, 5.41) is 2.44. The standard InChI is InChI=1S/C60H49N3/c1-59(2,3)47-33-49-43-18-13-19-44(28-43)53-29-45(41-24-20-39(21-25-41)37-14-9-7-10-15-37)31-55(61-53)56-32-46(42-26-22-40(23-27-42)38-16-11-8-12-17-38)30-54(62-56)52-36-48(60(4,5)6)35-51-50(34-47)57(49)63-58(51)52/h7-36,63H,1-6H3. The van der Waals surface area contributed by atoms with E-state index in [-0.39, 0.29) is 10.8 Å². The third kappa shape index (κ3) is 7.04. The molecule has 3 heteroatoms. The maximum Gasteiger partial charge on any atom is 0.0900 e. The van der Waals surface area contributed by atoms with Gasteiger partial charge in [0.2, 0.25) is 0 Å². The smallest absolute Gasteiger partial charge is 0.0900 e. The molecule has 8 bridgehead atoms. The highest BCUT2D eigenvalue weighted by molar-refractivity contribution is 6.16. The van der Waals surface area contributed by atoms with Gasteiger partial charge in [0.05, 0.1) is 33.8 Å². The fourth-order valence-electron chi connectivity index (χ4n) is 9.16. The second-order valence-electron chi connectivity index (χ2n) is 19.2. The summed E-state index contributed by atoms with van der Waals surface area (Å²) in [4.78, 5) is 15.2. The summed E-state index contributed by atoms with van der Waals surface area (Å²) in [5.74, 6) is 0. The van der Waals surface area contributed by atoms with Crippen LogP contribution in [0.25, 0.3) is 111 Å². The van der Waals surface area contributed by atoms with E-state index in [1.165, 1.54) is 49.7 Å². The second-order valence-corrected chi connectivity index (χ2v) is 19.2. The normalized spacial score (nSPS) is 12.3. The minimum atomic E-state index is -0.108. The summed E-state index contributed by atoms with van der Waals surface area (Å²) in [6.45, 7) is 13.8. The van der Waals surface area contributed by atoms with Crippen molar-refractivity contribution in [1.29, 1.82) is 0 Å². The summed E-state index contributed by atoms with van der Waals surface area (Å²) >= 11 is 0. The van der Waals surface area contributed by atoms with Crippen molar-refractivity contribution in [3.63, 3.8) is 0 Å². The molecule has 4 heterocycles. The molecule has 0 radical (unpaired) electrons. The van der Waals surface area contributed by atoms with Gasteiger partial charge >= 0.3 is 0 Å². The average Bonchev–Trinajstić information content (AvgIpc) is 3.69. The topological polar surface area (TPSA) is 41.6 Å². The summed E-state index contributed by atoms with van der Waals surface area (Å²) in [6, 6.07) is 66.5. The van der Waals surface area contributed by atoms with Crippen molar-refractivity contribution in [2.45, 2.75) is 52.4 Å². The molecule has 0 saturated carbocycles. The van der Waals surface area contributed by atoms with Gasteiger partial charge in [-0.1, -0.05) is 169 Å². The summed E-state index contributed by atoms with van der Waals surface area (Å²) in [6.07, 6.45) is 0. The SMILES string of the molecule is CC(C)(C)c1cc2c3[nH]c4c(cc(C(C)(C)C)cc4c3c1)-c1cc(-c3ccc(-c4ccccc4)cc3)cc(n1)-c1cc(-c3ccc(-c4ccccc4)cc3)cc(n1)-c1cccc-2c1. The number of rotatable bonds is 4. The molecule has 63 heavy (non-hydrogen) atoms. The minimum absolute atomic E-state index is 0.0702. The van der Waals surface area contributed by atoms with Crippen LogP contribution in [0, 0.1) is 0 Å². The van der Waals surface area contributed by atoms with Gasteiger partial charge in [-0.25, -0.2) is 9.97 Å². The van der Waals surface area contributed by atoms with Gasteiger partial charge in [0.25, 0.3) is 0 Å². The van der Waals surface area contributed by atoms with Gasteiger partial charge in [-0.05, 0) is 127 Å². The molecule has 0 aliphatic carbocycles. The van der Waals surface area contributed by atoms with Crippen LogP contribution < -0.4 is 0 Å². The van der Waals surface area contributed by atoms with E-state index in [1.807, 2.05) is 0 Å². The number of benzene rings is 7. The molecule has 0 atom stereocenters. The van der Waals surface area contributed by atoms with Gasteiger partial charge in [0, 0.05) is 27.5 Å². The molecular weight excluding hydrogens is 763 g/mol. The lowest BCUT2D eigenvalue weighted by Crippen LogP contribution is -2.11. The first-order valence-electron chi connectivity index (χ1n) is 22.0. The molecule has 304 valence electrons. The summed E-state index contributed by atoms with van der Waals surface area (Å²) < 4.78 is 0. The predicted molar refractivity (Wildman–Crippen MR) is 266 cm³/mol. The quantitative estimate of drug-likeness (QED) is 0.192. The molecule has 0 spiro atoms. The number of H-pyrrole nitrogens is 1. The van der Waals surface area contributed by atoms with Crippen LogP contribution in [0.15, 0.2) is 182 Å². The van der Waals surface area contributed by atoms with Crippen molar-refractivity contribution in [1.82, 2.24) is 15.0 Å². The third-order valence-corrected chi connectivity index (χ3v) is 12.9. The highest BCUT2D eigenvalue weighted by Crippen LogP contribution is 2.44. The van der Waals surface area contributed by atoms with E-state index in [0.29, 0.717) is 0 Å². The number of aromatic amines is 1. The van der Waals surface area contributed by atoms with E-state index in [2.05, 4.69) is 229 Å². The second kappa shape index (κ2) is 14.6. The molecule has 3 aromatic heterocycles. The van der Waals surface area contributed by atoms with Gasteiger partial charge < -0.3 is 4.98 Å². The maximum atomic E-state index is 5.62. The van der Waals surface area contributed by atoms with Crippen molar-refractivity contribution in [3.8, 4) is 89.5 Å². The Kier molecular flexibility index (Phi) is 8.96. The number of nitrogens with one attached hydrogen (secondary N) is 1. The molecule has 1 N–H and O–H groups in total. The van der Waals surface area contributed by atoms with Crippen LogP contribution in [-0.2, 0) is 10.8 Å². The molecule has 0 unspecified atom stereocenters. The fraction of sp³-hybridized carbons (Fsp3) is 0.133. The minimum Gasteiger partial charge on any atom is -0.353 e. The Morgan fingerprint density at radius 1 is 0.302 bits per heavy atom. The molecule has 11 rings (SSSR count). The van der Waals surface area contributed by atoms with Crippen molar-refractivity contribution in [2.24, 2.45) is 0 Å². The van der Waals surface area contributed by atoms with E-state index in [4.69, 9.17) is 9.97 Å². The number of hydrogen-bond acceptors (Lipinski definition) is 2. The molecule has 1 aliphatic rings. The lowest BCUT2D eigenvalue weighted by atomic mass is 9.82. The van der Waals surface area contributed by atoms with E-state index in [9.17, 15) is 0 Å². The Morgan fingerprint density at radius 2 is 0.683 bits per heavy atom. The third-order valence-electron chi connectivity index (χ3n) is 12.9. The lowest BCUT2D eigenvalue weighted by molar-refractivity contribution is 0.590. The van der Waals surface area contributed by atoms with Gasteiger partial charge in [-0.3, -0.25) is 0 Å². The van der Waals surface area contributed by atoms with Gasteiger partial charge in [0.15, 0.2) is 0 Å². The van der Waals surface area contributed by atoms with Gasteiger partial charge in [0.1, 0.15) is 0 Å². The highest BCUT2D eigenvalue weighted by atomic mass is 14.8. The number of hydrogen-bond donors (Lipinski definition) is 1. The lowest BCUT2D eigenvalue weighted by Gasteiger charge is -2.22. The summed E-state index contributed by atoms with van der Waals surface area (Å²) in [5.41, 5.74) is 21.8. The Labute approximate surface area is 370 Å². The fourth-order valence-corrected chi connectivity index (χ4v) is 9.16. The Bertz CT molecular complexity index is 3360. The monoisotopic (exact) mass is 811 g/mol. The molecule has 0 amide bonds. The van der Waals surface area contributed by atoms with Crippen LogP contribution in [0.4, 0.5) is 0 Å². The van der Waals surface area contributed by atoms with Crippen LogP contribution in [0.1, 0.15) is 52.7 Å². The van der Waals surface area contributed by atoms with Crippen molar-refractivity contribution >= 4 is 21.8 Å². The van der Waals surface area contributed by atoms with Crippen molar-refractivity contribution in [2.75, 3.05) is 0 Å². The van der Waals surface area contributed by atoms with Gasteiger partial charge in [-0.2, -0.15) is 0 Å². The van der Waals surface area contributed by atoms with Gasteiger partial charge in [-0.15, -0.1) is 0 Å². The maximum absolute atomic E-state index is 5.62. The first kappa shape index (κ1) is 38.6. The Balaban J connectivity index is 1.22. The molecular formula is C60H49N3. The zero-order valence-electron chi connectivity index (χ0n) is 36.7. The Morgan fingerprint density at radius 3 is 1.19 bits per heavy atom. The van der Waals surface area contributed by atoms with Crippen LogP contribution >= 0.6 is 0 Å².